The van der Waals surface area contributed by atoms with Gasteiger partial charge in [-0.25, -0.2) is 0 Å². The maximum Gasteiger partial charge on any atom is 0.337 e. The molecule has 0 heterocycles. The second-order valence-corrected chi connectivity index (χ2v) is 10.8. The molecule has 0 aromatic rings. The first-order chi connectivity index (χ1) is 10.6. The zero-order valence-corrected chi connectivity index (χ0v) is 17.1. The Kier molecular flexibility index (Phi) is 14.8. The quantitative estimate of drug-likeness (QED) is 0.232. The van der Waals surface area contributed by atoms with Gasteiger partial charge in [0.1, 0.15) is 0 Å². The number of hydrogen-bond donors (Lipinski definition) is 0. The van der Waals surface area contributed by atoms with Crippen LogP contribution in [0.3, 0.4) is 0 Å². The highest BCUT2D eigenvalue weighted by molar-refractivity contribution is 6.67. The fourth-order valence-corrected chi connectivity index (χ4v) is 5.24. The molecule has 3 heteroatoms. The third kappa shape index (κ3) is 11.7. The molecule has 0 unspecified atom stereocenters. The molecule has 0 aliphatic heterocycles. The van der Waals surface area contributed by atoms with E-state index in [-0.39, 0.29) is 0 Å². The Balaban J connectivity index is 3.64. The molecule has 0 aromatic carbocycles. The number of unbranched alkanes of at least 4 members (excludes halogenated alkanes) is 8. The van der Waals surface area contributed by atoms with E-state index in [1.165, 1.54) is 57.8 Å². The minimum Gasteiger partial charge on any atom is -0.394 e. The molecule has 0 aliphatic rings. The van der Waals surface area contributed by atoms with Gasteiger partial charge in [0.2, 0.25) is 0 Å². The van der Waals surface area contributed by atoms with Crippen LogP contribution in [0.2, 0.25) is 12.1 Å². The first-order valence-corrected chi connectivity index (χ1v) is 12.1. The summed E-state index contributed by atoms with van der Waals surface area (Å²) in [6.07, 6.45) is 12.3. The summed E-state index contributed by atoms with van der Waals surface area (Å²) in [5, 5.41) is 0. The molecule has 0 bridgehead atoms. The van der Waals surface area contributed by atoms with Gasteiger partial charge in [-0.3, -0.25) is 0 Å². The van der Waals surface area contributed by atoms with E-state index in [1.807, 2.05) is 0 Å². The summed E-state index contributed by atoms with van der Waals surface area (Å²) in [7, 11) is -1.90. The predicted octanol–water partition coefficient (Wildman–Crippen LogP) is 6.69. The van der Waals surface area contributed by atoms with Crippen LogP contribution in [0.5, 0.6) is 0 Å². The molecular weight excluding hydrogens is 288 g/mol. The first kappa shape index (κ1) is 22.1. The summed E-state index contributed by atoms with van der Waals surface area (Å²) < 4.78 is 12.4. The second kappa shape index (κ2) is 14.7. The van der Waals surface area contributed by atoms with Crippen LogP contribution in [0.25, 0.3) is 0 Å². The van der Waals surface area contributed by atoms with Crippen LogP contribution in [-0.2, 0) is 8.85 Å². The Morgan fingerprint density at radius 2 is 1.18 bits per heavy atom. The Labute approximate surface area is 141 Å². The molecule has 0 spiro atoms. The van der Waals surface area contributed by atoms with Gasteiger partial charge in [-0.2, -0.15) is 0 Å². The Hall–Kier alpha value is 0.137. The summed E-state index contributed by atoms with van der Waals surface area (Å²) in [5.74, 6) is 0.598. The van der Waals surface area contributed by atoms with Gasteiger partial charge in [-0.1, -0.05) is 86.0 Å². The molecule has 0 fully saturated rings. The summed E-state index contributed by atoms with van der Waals surface area (Å²) in [5.41, 5.74) is 0. The number of hydrogen-bond acceptors (Lipinski definition) is 2. The standard InChI is InChI=1S/C19H42O2Si/c1-6-9-10-11-12-13-14-15-16-17-20-22(7-2,8-3)21-18-19(4)5/h19H,6-18H2,1-5H3. The topological polar surface area (TPSA) is 18.5 Å². The van der Waals surface area contributed by atoms with Crippen LogP contribution in [0.15, 0.2) is 0 Å². The van der Waals surface area contributed by atoms with E-state index < -0.39 is 8.56 Å². The van der Waals surface area contributed by atoms with Crippen molar-refractivity contribution in [3.63, 3.8) is 0 Å². The van der Waals surface area contributed by atoms with E-state index in [0.29, 0.717) is 5.92 Å². The Morgan fingerprint density at radius 1 is 0.682 bits per heavy atom. The maximum absolute atomic E-state index is 6.25. The summed E-state index contributed by atoms with van der Waals surface area (Å²) in [6.45, 7) is 12.9. The van der Waals surface area contributed by atoms with Gasteiger partial charge < -0.3 is 8.85 Å². The SMILES string of the molecule is CCCCCCCCCCCO[Si](CC)(CC)OCC(C)C. The molecule has 0 saturated carbocycles. The minimum absolute atomic E-state index is 0.598. The lowest BCUT2D eigenvalue weighted by Gasteiger charge is -2.29. The smallest absolute Gasteiger partial charge is 0.337 e. The third-order valence-electron chi connectivity index (χ3n) is 4.37. The van der Waals surface area contributed by atoms with E-state index >= 15 is 0 Å². The van der Waals surface area contributed by atoms with E-state index in [2.05, 4.69) is 34.6 Å². The first-order valence-electron chi connectivity index (χ1n) is 9.88. The van der Waals surface area contributed by atoms with Crippen molar-refractivity contribution in [2.45, 2.75) is 104 Å². The molecule has 134 valence electrons. The van der Waals surface area contributed by atoms with Crippen LogP contribution in [0.1, 0.15) is 92.4 Å². The van der Waals surface area contributed by atoms with Crippen molar-refractivity contribution in [2.24, 2.45) is 5.92 Å². The van der Waals surface area contributed by atoms with E-state index in [4.69, 9.17) is 8.85 Å². The van der Waals surface area contributed by atoms with E-state index in [0.717, 1.165) is 25.3 Å². The molecule has 0 saturated heterocycles. The fourth-order valence-electron chi connectivity index (χ4n) is 2.69. The zero-order chi connectivity index (χ0) is 16.7. The van der Waals surface area contributed by atoms with Crippen LogP contribution in [-0.4, -0.2) is 21.8 Å². The highest BCUT2D eigenvalue weighted by atomic mass is 28.4. The molecular formula is C19H42O2Si. The minimum atomic E-state index is -1.90. The van der Waals surface area contributed by atoms with E-state index in [9.17, 15) is 0 Å². The monoisotopic (exact) mass is 330 g/mol. The van der Waals surface area contributed by atoms with Gasteiger partial charge >= 0.3 is 8.56 Å². The fraction of sp³-hybridized carbons (Fsp3) is 1.00. The van der Waals surface area contributed by atoms with Crippen molar-refractivity contribution in [1.82, 2.24) is 0 Å². The highest BCUT2D eigenvalue weighted by Gasteiger charge is 2.33. The highest BCUT2D eigenvalue weighted by Crippen LogP contribution is 2.20. The van der Waals surface area contributed by atoms with Gasteiger partial charge in [0, 0.05) is 13.2 Å². The van der Waals surface area contributed by atoms with Crippen LogP contribution < -0.4 is 0 Å². The molecule has 0 atom stereocenters. The lowest BCUT2D eigenvalue weighted by molar-refractivity contribution is 0.150. The average molecular weight is 331 g/mol. The normalized spacial score (nSPS) is 12.3. The lowest BCUT2D eigenvalue weighted by atomic mass is 10.1. The molecule has 0 radical (unpaired) electrons. The molecule has 0 amide bonds. The molecule has 0 N–H and O–H groups in total. The van der Waals surface area contributed by atoms with Gasteiger partial charge in [0.05, 0.1) is 0 Å². The molecule has 2 nitrogen and oxygen atoms in total. The van der Waals surface area contributed by atoms with Crippen molar-refractivity contribution in [1.29, 1.82) is 0 Å². The molecule has 0 aliphatic carbocycles. The Bertz CT molecular complexity index is 227. The maximum atomic E-state index is 6.25. The Morgan fingerprint density at radius 3 is 1.64 bits per heavy atom. The van der Waals surface area contributed by atoms with Gasteiger partial charge in [-0.05, 0) is 24.4 Å². The summed E-state index contributed by atoms with van der Waals surface area (Å²) >= 11 is 0. The predicted molar refractivity (Wildman–Crippen MR) is 101 cm³/mol. The van der Waals surface area contributed by atoms with Gasteiger partial charge in [0.15, 0.2) is 0 Å². The van der Waals surface area contributed by atoms with E-state index in [1.54, 1.807) is 0 Å². The van der Waals surface area contributed by atoms with Crippen molar-refractivity contribution >= 4 is 8.56 Å². The number of rotatable bonds is 16. The lowest BCUT2D eigenvalue weighted by Crippen LogP contribution is -2.42. The van der Waals surface area contributed by atoms with Crippen LogP contribution in [0.4, 0.5) is 0 Å². The van der Waals surface area contributed by atoms with Crippen LogP contribution >= 0.6 is 0 Å². The van der Waals surface area contributed by atoms with Crippen LogP contribution in [0, 0.1) is 5.92 Å². The second-order valence-electron chi connectivity index (χ2n) is 7.00. The zero-order valence-electron chi connectivity index (χ0n) is 16.1. The average Bonchev–Trinajstić information content (AvgIpc) is 2.52. The summed E-state index contributed by atoms with van der Waals surface area (Å²) in [4.78, 5) is 0. The van der Waals surface area contributed by atoms with Crippen molar-refractivity contribution in [3.8, 4) is 0 Å². The van der Waals surface area contributed by atoms with Crippen molar-refractivity contribution in [2.75, 3.05) is 13.2 Å². The molecule has 0 aromatic heterocycles. The third-order valence-corrected chi connectivity index (χ3v) is 7.95. The van der Waals surface area contributed by atoms with Crippen molar-refractivity contribution < 1.29 is 8.85 Å². The summed E-state index contributed by atoms with van der Waals surface area (Å²) in [6, 6.07) is 2.15. The van der Waals surface area contributed by atoms with Gasteiger partial charge in [0.25, 0.3) is 0 Å². The molecule has 0 rings (SSSR count). The largest absolute Gasteiger partial charge is 0.394 e. The van der Waals surface area contributed by atoms with Gasteiger partial charge in [-0.15, -0.1) is 0 Å². The van der Waals surface area contributed by atoms with Crippen molar-refractivity contribution in [3.05, 3.63) is 0 Å². The molecule has 22 heavy (non-hydrogen) atoms.